The Balaban J connectivity index is 1.73. The molecule has 19 heavy (non-hydrogen) atoms. The van der Waals surface area contributed by atoms with Crippen LogP contribution in [0.15, 0.2) is 0 Å². The van der Waals surface area contributed by atoms with E-state index in [4.69, 9.17) is 5.73 Å². The fraction of sp³-hybridized carbons (Fsp3) is 0.812. The lowest BCUT2D eigenvalue weighted by Crippen LogP contribution is -2.44. The van der Waals surface area contributed by atoms with E-state index in [2.05, 4.69) is 24.0 Å². The third-order valence-electron chi connectivity index (χ3n) is 6.00. The van der Waals surface area contributed by atoms with Crippen molar-refractivity contribution >= 4 is 5.82 Å². The van der Waals surface area contributed by atoms with E-state index >= 15 is 0 Å². The van der Waals surface area contributed by atoms with Gasteiger partial charge in [-0.15, -0.1) is 0 Å². The summed E-state index contributed by atoms with van der Waals surface area (Å²) in [4.78, 5) is 0. The first-order valence-electron chi connectivity index (χ1n) is 7.97. The molecular formula is C16H25N3. The zero-order valence-corrected chi connectivity index (χ0v) is 12.0. The number of aromatic amines is 1. The minimum absolute atomic E-state index is 0.478. The average molecular weight is 259 g/mol. The molecule has 0 atom stereocenters. The van der Waals surface area contributed by atoms with Gasteiger partial charge >= 0.3 is 0 Å². The predicted molar refractivity (Wildman–Crippen MR) is 76.9 cm³/mol. The van der Waals surface area contributed by atoms with Crippen LogP contribution in [0, 0.1) is 23.7 Å². The molecule has 5 rings (SSSR count). The van der Waals surface area contributed by atoms with Crippen LogP contribution in [0.2, 0.25) is 0 Å². The third-order valence-corrected chi connectivity index (χ3v) is 6.00. The second-order valence-corrected chi connectivity index (χ2v) is 7.55. The fourth-order valence-corrected chi connectivity index (χ4v) is 5.64. The highest BCUT2D eigenvalue weighted by Crippen LogP contribution is 2.60. The number of H-pyrrole nitrogens is 1. The van der Waals surface area contributed by atoms with E-state index in [9.17, 15) is 0 Å². The van der Waals surface area contributed by atoms with E-state index in [1.807, 2.05) is 0 Å². The molecule has 4 aliphatic carbocycles. The van der Waals surface area contributed by atoms with Crippen molar-refractivity contribution in [3.8, 4) is 0 Å². The van der Waals surface area contributed by atoms with Crippen LogP contribution < -0.4 is 5.73 Å². The summed E-state index contributed by atoms with van der Waals surface area (Å²) in [5, 5.41) is 7.63. The van der Waals surface area contributed by atoms with E-state index < -0.39 is 0 Å². The van der Waals surface area contributed by atoms with E-state index in [-0.39, 0.29) is 0 Å². The molecule has 104 valence electrons. The van der Waals surface area contributed by atoms with E-state index in [1.165, 1.54) is 43.4 Å². The second-order valence-electron chi connectivity index (χ2n) is 7.55. The number of aromatic nitrogens is 2. The van der Waals surface area contributed by atoms with Gasteiger partial charge in [-0.05, 0) is 61.7 Å². The highest BCUT2D eigenvalue weighted by molar-refractivity contribution is 5.46. The number of nitrogens with zero attached hydrogens (tertiary/aromatic N) is 1. The molecule has 3 heteroatoms. The van der Waals surface area contributed by atoms with Crippen LogP contribution in [0.1, 0.15) is 69.0 Å². The molecule has 0 aliphatic heterocycles. The number of hydrogen-bond acceptors (Lipinski definition) is 2. The normalized spacial score (nSPS) is 40.3. The van der Waals surface area contributed by atoms with Gasteiger partial charge in [0.15, 0.2) is 0 Å². The number of nitrogen functional groups attached to an aromatic ring is 1. The van der Waals surface area contributed by atoms with Gasteiger partial charge in [-0.1, -0.05) is 13.8 Å². The van der Waals surface area contributed by atoms with Crippen molar-refractivity contribution in [1.29, 1.82) is 0 Å². The number of anilines is 1. The maximum atomic E-state index is 6.09. The zero-order chi connectivity index (χ0) is 13.1. The quantitative estimate of drug-likeness (QED) is 0.851. The van der Waals surface area contributed by atoms with Crippen LogP contribution in [0.4, 0.5) is 5.82 Å². The van der Waals surface area contributed by atoms with Crippen molar-refractivity contribution in [1.82, 2.24) is 10.2 Å². The molecule has 1 aromatic heterocycles. The van der Waals surface area contributed by atoms with Gasteiger partial charge < -0.3 is 5.73 Å². The van der Waals surface area contributed by atoms with Gasteiger partial charge in [0.1, 0.15) is 5.82 Å². The molecule has 4 saturated carbocycles. The maximum absolute atomic E-state index is 6.09. The van der Waals surface area contributed by atoms with E-state index in [1.54, 1.807) is 0 Å². The summed E-state index contributed by atoms with van der Waals surface area (Å²) in [6.45, 7) is 4.47. The highest BCUT2D eigenvalue weighted by Gasteiger charge is 2.49. The Kier molecular flexibility index (Phi) is 2.49. The lowest BCUT2D eigenvalue weighted by Gasteiger charge is -2.54. The van der Waals surface area contributed by atoms with Gasteiger partial charge in [0, 0.05) is 17.2 Å². The summed E-state index contributed by atoms with van der Waals surface area (Å²) < 4.78 is 0. The fourth-order valence-electron chi connectivity index (χ4n) is 5.64. The molecular weight excluding hydrogens is 234 g/mol. The van der Waals surface area contributed by atoms with Crippen molar-refractivity contribution in [3.63, 3.8) is 0 Å². The predicted octanol–water partition coefficient (Wildman–Crippen LogP) is 3.66. The van der Waals surface area contributed by atoms with Gasteiger partial charge in [0.2, 0.25) is 0 Å². The highest BCUT2D eigenvalue weighted by atomic mass is 15.2. The Bertz CT molecular complexity index is 460. The number of rotatable bonds is 2. The van der Waals surface area contributed by atoms with Crippen molar-refractivity contribution in [2.45, 2.75) is 57.8 Å². The first-order valence-corrected chi connectivity index (χ1v) is 7.97. The summed E-state index contributed by atoms with van der Waals surface area (Å²) in [5.41, 5.74) is 8.79. The first kappa shape index (κ1) is 11.8. The zero-order valence-electron chi connectivity index (χ0n) is 12.0. The van der Waals surface area contributed by atoms with Gasteiger partial charge in [0.25, 0.3) is 0 Å². The standard InChI is InChI=1S/C16H25N3/c1-8(2)13-15(18-19-16(13)17)14-11-4-9-3-10(6-11)7-12(14)5-9/h8-12,14H,3-7H2,1-2H3,(H3,17,18,19). The molecule has 1 heterocycles. The van der Waals surface area contributed by atoms with Crippen LogP contribution in [0.3, 0.4) is 0 Å². The molecule has 0 aromatic carbocycles. The second kappa shape index (κ2) is 4.00. The first-order chi connectivity index (χ1) is 9.13. The molecule has 0 unspecified atom stereocenters. The number of nitrogens with two attached hydrogens (primary N) is 1. The number of hydrogen-bond donors (Lipinski definition) is 2. The summed E-state index contributed by atoms with van der Waals surface area (Å²) in [6, 6.07) is 0. The Morgan fingerprint density at radius 2 is 1.63 bits per heavy atom. The van der Waals surface area contributed by atoms with Crippen molar-refractivity contribution in [2.75, 3.05) is 5.73 Å². The Hall–Kier alpha value is -0.990. The summed E-state index contributed by atoms with van der Waals surface area (Å²) in [7, 11) is 0. The van der Waals surface area contributed by atoms with E-state index in [0.717, 1.165) is 35.4 Å². The van der Waals surface area contributed by atoms with Gasteiger partial charge in [-0.3, -0.25) is 5.10 Å². The third kappa shape index (κ3) is 1.66. The van der Waals surface area contributed by atoms with Crippen LogP contribution in [0.25, 0.3) is 0 Å². The summed E-state index contributed by atoms with van der Waals surface area (Å²) in [6.07, 6.45) is 7.33. The molecule has 0 spiro atoms. The average Bonchev–Trinajstić information content (AvgIpc) is 2.69. The van der Waals surface area contributed by atoms with Crippen molar-refractivity contribution < 1.29 is 0 Å². The molecule has 4 fully saturated rings. The SMILES string of the molecule is CC(C)c1c(N)n[nH]c1C1C2CC3CC(C2)CC1C3. The van der Waals surface area contributed by atoms with E-state index in [0.29, 0.717) is 5.92 Å². The Morgan fingerprint density at radius 3 is 2.16 bits per heavy atom. The van der Waals surface area contributed by atoms with Crippen molar-refractivity contribution in [3.05, 3.63) is 11.3 Å². The summed E-state index contributed by atoms with van der Waals surface area (Å²) in [5.74, 6) is 5.78. The van der Waals surface area contributed by atoms with Gasteiger partial charge in [0.05, 0.1) is 0 Å². The Morgan fingerprint density at radius 1 is 1.05 bits per heavy atom. The van der Waals surface area contributed by atoms with Crippen LogP contribution >= 0.6 is 0 Å². The van der Waals surface area contributed by atoms with Crippen LogP contribution in [-0.2, 0) is 0 Å². The molecule has 0 radical (unpaired) electrons. The molecule has 0 saturated heterocycles. The van der Waals surface area contributed by atoms with Gasteiger partial charge in [-0.25, -0.2) is 0 Å². The number of nitrogens with one attached hydrogen (secondary N) is 1. The molecule has 0 amide bonds. The molecule has 4 bridgehead atoms. The largest absolute Gasteiger partial charge is 0.382 e. The summed E-state index contributed by atoms with van der Waals surface area (Å²) >= 11 is 0. The monoisotopic (exact) mass is 259 g/mol. The molecule has 3 N–H and O–H groups in total. The minimum Gasteiger partial charge on any atom is -0.382 e. The maximum Gasteiger partial charge on any atom is 0.148 e. The molecule has 4 aliphatic rings. The molecule has 3 nitrogen and oxygen atoms in total. The topological polar surface area (TPSA) is 54.7 Å². The minimum atomic E-state index is 0.478. The van der Waals surface area contributed by atoms with Gasteiger partial charge in [-0.2, -0.15) is 5.10 Å². The lowest BCUT2D eigenvalue weighted by atomic mass is 9.51. The molecule has 1 aromatic rings. The van der Waals surface area contributed by atoms with Crippen LogP contribution in [-0.4, -0.2) is 10.2 Å². The smallest absolute Gasteiger partial charge is 0.148 e. The Labute approximate surface area is 115 Å². The van der Waals surface area contributed by atoms with Crippen LogP contribution in [0.5, 0.6) is 0 Å². The van der Waals surface area contributed by atoms with Crippen molar-refractivity contribution in [2.24, 2.45) is 23.7 Å². The lowest BCUT2D eigenvalue weighted by molar-refractivity contribution is -0.00449.